The highest BCUT2D eigenvalue weighted by molar-refractivity contribution is 6.04. The summed E-state index contributed by atoms with van der Waals surface area (Å²) in [6.45, 7) is 7.22. The van der Waals surface area contributed by atoms with Crippen LogP contribution >= 0.6 is 0 Å². The Morgan fingerprint density at radius 3 is 2.55 bits per heavy atom. The molecule has 2 heterocycles. The molecule has 0 aliphatic carbocycles. The number of nitrogens with one attached hydrogen (secondary N) is 2. The summed E-state index contributed by atoms with van der Waals surface area (Å²) in [6, 6.07) is 14.2. The molecule has 0 unspecified atom stereocenters. The van der Waals surface area contributed by atoms with Crippen LogP contribution in [-0.2, 0) is 4.74 Å². The molecule has 0 spiro atoms. The molecule has 2 N–H and O–H groups in total. The zero-order valence-electron chi connectivity index (χ0n) is 17.6. The number of rotatable bonds is 7. The minimum atomic E-state index is -0.288. The van der Waals surface area contributed by atoms with E-state index in [0.717, 1.165) is 32.8 Å². The van der Waals surface area contributed by atoms with Crippen LogP contribution in [0.5, 0.6) is 5.75 Å². The van der Waals surface area contributed by atoms with Crippen LogP contribution in [0.15, 0.2) is 53.3 Å². The van der Waals surface area contributed by atoms with Crippen molar-refractivity contribution in [3.63, 3.8) is 0 Å². The van der Waals surface area contributed by atoms with Gasteiger partial charge in [0.25, 0.3) is 11.5 Å². The van der Waals surface area contributed by atoms with Crippen LogP contribution in [0.3, 0.4) is 0 Å². The monoisotopic (exact) mass is 423 g/mol. The third-order valence-electron chi connectivity index (χ3n) is 5.38. The van der Waals surface area contributed by atoms with Gasteiger partial charge in [0.2, 0.25) is 0 Å². The summed E-state index contributed by atoms with van der Waals surface area (Å²) in [5.41, 5.74) is 0.543. The molecule has 1 amide bonds. The van der Waals surface area contributed by atoms with E-state index in [0.29, 0.717) is 35.4 Å². The molecule has 0 saturated carbocycles. The van der Waals surface area contributed by atoms with Crippen LogP contribution in [0.1, 0.15) is 17.4 Å². The number of hydrogen-bond donors (Lipinski definition) is 2. The quantitative estimate of drug-likeness (QED) is 0.576. The van der Waals surface area contributed by atoms with E-state index in [9.17, 15) is 9.59 Å². The molecule has 0 bridgehead atoms. The smallest absolute Gasteiger partial charge is 0.279 e. The molecule has 1 aliphatic heterocycles. The number of hydrogen-bond acceptors (Lipinski definition) is 5. The van der Waals surface area contributed by atoms with E-state index in [1.807, 2.05) is 6.92 Å². The van der Waals surface area contributed by atoms with Crippen molar-refractivity contribution >= 4 is 16.7 Å². The maximum Gasteiger partial charge on any atom is 0.279 e. The molecule has 162 valence electrons. The second-order valence-corrected chi connectivity index (χ2v) is 7.41. The van der Waals surface area contributed by atoms with Crippen LogP contribution < -0.4 is 20.5 Å². The molecule has 1 aliphatic rings. The zero-order valence-corrected chi connectivity index (χ0v) is 17.6. The summed E-state index contributed by atoms with van der Waals surface area (Å²) in [5.74, 6) is 0.423. The Morgan fingerprint density at radius 2 is 1.84 bits per heavy atom. The predicted octanol–water partition coefficient (Wildman–Crippen LogP) is 0.429. The lowest BCUT2D eigenvalue weighted by Crippen LogP contribution is -3.14. The number of ether oxygens (including phenoxy) is 2. The van der Waals surface area contributed by atoms with E-state index < -0.39 is 0 Å². The average Bonchev–Trinajstić information content (AvgIpc) is 2.81. The number of amides is 1. The second kappa shape index (κ2) is 9.72. The third-order valence-corrected chi connectivity index (χ3v) is 5.38. The van der Waals surface area contributed by atoms with Gasteiger partial charge in [0, 0.05) is 5.39 Å². The first-order chi connectivity index (χ1) is 15.2. The molecule has 1 fully saturated rings. The van der Waals surface area contributed by atoms with Gasteiger partial charge in [-0.3, -0.25) is 9.59 Å². The molecule has 0 atom stereocenters. The first-order valence-corrected chi connectivity index (χ1v) is 10.6. The van der Waals surface area contributed by atoms with Gasteiger partial charge in [-0.2, -0.15) is 9.78 Å². The fraction of sp³-hybridized carbons (Fsp3) is 0.348. The number of carbonyl (C=O) groups is 1. The standard InChI is InChI=1S/C23H26N4O4/c1-2-31-18-9-7-17(8-10-18)27-23(29)20-6-4-3-5-19(20)21(25-27)22(28)24-11-12-26-13-15-30-16-14-26/h3-10H,2,11-16H2,1H3,(H,24,28)/p+1. The Morgan fingerprint density at radius 1 is 1.13 bits per heavy atom. The molecule has 1 aromatic heterocycles. The van der Waals surface area contributed by atoms with Crippen molar-refractivity contribution in [2.45, 2.75) is 6.92 Å². The van der Waals surface area contributed by atoms with E-state index in [1.165, 1.54) is 9.58 Å². The van der Waals surface area contributed by atoms with Crippen LogP contribution in [0.25, 0.3) is 16.5 Å². The van der Waals surface area contributed by atoms with Gasteiger partial charge >= 0.3 is 0 Å². The number of fused-ring (bicyclic) bond motifs is 1. The normalized spacial score (nSPS) is 14.5. The maximum atomic E-state index is 13.1. The average molecular weight is 423 g/mol. The van der Waals surface area contributed by atoms with Gasteiger partial charge in [0.05, 0.1) is 44.0 Å². The molecular formula is C23H27N4O4+. The summed E-state index contributed by atoms with van der Waals surface area (Å²) in [7, 11) is 0. The van der Waals surface area contributed by atoms with E-state index >= 15 is 0 Å². The number of carbonyl (C=O) groups excluding carboxylic acids is 1. The molecule has 1 saturated heterocycles. The Bertz CT molecular complexity index is 1100. The third kappa shape index (κ3) is 4.76. The van der Waals surface area contributed by atoms with Gasteiger partial charge in [-0.05, 0) is 37.3 Å². The van der Waals surface area contributed by atoms with Crippen molar-refractivity contribution in [3.8, 4) is 11.4 Å². The maximum absolute atomic E-state index is 13.1. The minimum absolute atomic E-state index is 0.237. The van der Waals surface area contributed by atoms with Crippen molar-refractivity contribution < 1.29 is 19.2 Å². The Labute approximate surface area is 180 Å². The second-order valence-electron chi connectivity index (χ2n) is 7.41. The van der Waals surface area contributed by atoms with Crippen LogP contribution in [-0.4, -0.2) is 61.7 Å². The van der Waals surface area contributed by atoms with Crippen molar-refractivity contribution in [1.29, 1.82) is 0 Å². The molecule has 3 aromatic rings. The summed E-state index contributed by atoms with van der Waals surface area (Å²) in [5, 5.41) is 8.40. The fourth-order valence-electron chi connectivity index (χ4n) is 3.73. The van der Waals surface area contributed by atoms with Gasteiger partial charge in [-0.15, -0.1) is 0 Å². The van der Waals surface area contributed by atoms with E-state index in [2.05, 4.69) is 10.4 Å². The van der Waals surface area contributed by atoms with E-state index in [4.69, 9.17) is 9.47 Å². The summed E-state index contributed by atoms with van der Waals surface area (Å²) >= 11 is 0. The fourth-order valence-corrected chi connectivity index (χ4v) is 3.73. The summed E-state index contributed by atoms with van der Waals surface area (Å²) in [4.78, 5) is 27.5. The van der Waals surface area contributed by atoms with Crippen molar-refractivity contribution in [2.24, 2.45) is 0 Å². The van der Waals surface area contributed by atoms with E-state index in [-0.39, 0.29) is 17.2 Å². The highest BCUT2D eigenvalue weighted by Crippen LogP contribution is 2.17. The van der Waals surface area contributed by atoms with Gasteiger partial charge in [0.15, 0.2) is 5.69 Å². The number of quaternary nitrogens is 1. The van der Waals surface area contributed by atoms with Crippen LogP contribution in [0.4, 0.5) is 0 Å². The molecule has 4 rings (SSSR count). The molecule has 8 heteroatoms. The Hall–Kier alpha value is -3.23. The van der Waals surface area contributed by atoms with Gasteiger partial charge in [-0.1, -0.05) is 18.2 Å². The largest absolute Gasteiger partial charge is 0.494 e. The zero-order chi connectivity index (χ0) is 21.6. The molecular weight excluding hydrogens is 396 g/mol. The predicted molar refractivity (Wildman–Crippen MR) is 117 cm³/mol. The number of benzene rings is 2. The molecule has 2 aromatic carbocycles. The number of aromatic nitrogens is 2. The lowest BCUT2D eigenvalue weighted by atomic mass is 10.1. The Balaban J connectivity index is 1.62. The Kier molecular flexibility index (Phi) is 6.59. The van der Waals surface area contributed by atoms with Gasteiger partial charge in [0.1, 0.15) is 18.8 Å². The van der Waals surface area contributed by atoms with Crippen molar-refractivity contribution in [3.05, 3.63) is 64.6 Å². The molecule has 31 heavy (non-hydrogen) atoms. The first kappa shape index (κ1) is 21.0. The molecule has 0 radical (unpaired) electrons. The van der Waals surface area contributed by atoms with Gasteiger partial charge in [-0.25, -0.2) is 0 Å². The van der Waals surface area contributed by atoms with Crippen molar-refractivity contribution in [1.82, 2.24) is 15.1 Å². The lowest BCUT2D eigenvalue weighted by Gasteiger charge is -2.23. The highest BCUT2D eigenvalue weighted by atomic mass is 16.5. The number of morpholine rings is 1. The summed E-state index contributed by atoms with van der Waals surface area (Å²) in [6.07, 6.45) is 0. The van der Waals surface area contributed by atoms with Gasteiger partial charge < -0.3 is 19.7 Å². The topological polar surface area (TPSA) is 86.9 Å². The highest BCUT2D eigenvalue weighted by Gasteiger charge is 2.19. The molecule has 8 nitrogen and oxygen atoms in total. The van der Waals surface area contributed by atoms with Crippen LogP contribution in [0, 0.1) is 0 Å². The van der Waals surface area contributed by atoms with Crippen LogP contribution in [0.2, 0.25) is 0 Å². The number of nitrogens with zero attached hydrogens (tertiary/aromatic N) is 2. The van der Waals surface area contributed by atoms with Crippen molar-refractivity contribution in [2.75, 3.05) is 46.0 Å². The van der Waals surface area contributed by atoms with E-state index in [1.54, 1.807) is 48.5 Å². The minimum Gasteiger partial charge on any atom is -0.494 e. The lowest BCUT2D eigenvalue weighted by molar-refractivity contribution is -0.906. The SMILES string of the molecule is CCOc1ccc(-n2nc(C(=O)NCC[NH+]3CCOCC3)c3ccccc3c2=O)cc1. The first-order valence-electron chi connectivity index (χ1n) is 10.6. The summed E-state index contributed by atoms with van der Waals surface area (Å²) < 4.78 is 12.1.